The summed E-state index contributed by atoms with van der Waals surface area (Å²) in [6.45, 7) is 4.52. The van der Waals surface area contributed by atoms with Gasteiger partial charge in [0.2, 0.25) is 6.29 Å². The van der Waals surface area contributed by atoms with E-state index in [0.29, 0.717) is 38.3 Å². The molecule has 7 nitrogen and oxygen atoms in total. The molecule has 1 saturated heterocycles. The molecule has 35 heavy (non-hydrogen) atoms. The van der Waals surface area contributed by atoms with E-state index in [1.165, 1.54) is 5.56 Å². The van der Waals surface area contributed by atoms with Crippen LogP contribution < -0.4 is 4.74 Å². The average Bonchev–Trinajstić information content (AvgIpc) is 2.91. The predicted molar refractivity (Wildman–Crippen MR) is 134 cm³/mol. The molecular formula is C28H36N2O5. The molecule has 1 fully saturated rings. The van der Waals surface area contributed by atoms with Crippen molar-refractivity contribution in [3.05, 3.63) is 77.6 Å². The molecule has 1 amide bonds. The molecule has 7 heteroatoms. The smallest absolute Gasteiger partial charge is 0.288 e. The summed E-state index contributed by atoms with van der Waals surface area (Å²) in [5, 5.41) is 9.04. The number of allylic oxidation sites excluding steroid dienone is 1. The molecule has 2 aliphatic heterocycles. The van der Waals surface area contributed by atoms with Crippen LogP contribution in [0.3, 0.4) is 0 Å². The monoisotopic (exact) mass is 480 g/mol. The summed E-state index contributed by atoms with van der Waals surface area (Å²) >= 11 is 0. The maximum absolute atomic E-state index is 13.4. The van der Waals surface area contributed by atoms with Crippen LogP contribution in [0.25, 0.3) is 0 Å². The third-order valence-corrected chi connectivity index (χ3v) is 6.58. The van der Waals surface area contributed by atoms with Gasteiger partial charge in [-0.2, -0.15) is 0 Å². The number of amides is 1. The van der Waals surface area contributed by atoms with Crippen molar-refractivity contribution < 1.29 is 24.1 Å². The molecule has 0 aromatic heterocycles. The van der Waals surface area contributed by atoms with E-state index in [9.17, 15) is 4.79 Å². The number of benzene rings is 2. The minimum atomic E-state index is -0.496. The van der Waals surface area contributed by atoms with E-state index < -0.39 is 6.29 Å². The fourth-order valence-corrected chi connectivity index (χ4v) is 4.53. The van der Waals surface area contributed by atoms with Gasteiger partial charge in [-0.1, -0.05) is 42.5 Å². The van der Waals surface area contributed by atoms with Gasteiger partial charge >= 0.3 is 0 Å². The zero-order valence-corrected chi connectivity index (χ0v) is 20.5. The van der Waals surface area contributed by atoms with Crippen molar-refractivity contribution >= 4 is 5.91 Å². The van der Waals surface area contributed by atoms with Crippen LogP contribution in [-0.2, 0) is 20.8 Å². The Bertz CT molecular complexity index is 955. The highest BCUT2D eigenvalue weighted by molar-refractivity contribution is 5.92. The van der Waals surface area contributed by atoms with E-state index in [1.807, 2.05) is 41.3 Å². The second kappa shape index (κ2) is 12.7. The van der Waals surface area contributed by atoms with Crippen LogP contribution in [0.15, 0.2) is 66.4 Å². The zero-order valence-electron chi connectivity index (χ0n) is 20.5. The Morgan fingerprint density at radius 3 is 2.46 bits per heavy atom. The van der Waals surface area contributed by atoms with Crippen molar-refractivity contribution in [3.8, 4) is 5.75 Å². The van der Waals surface area contributed by atoms with E-state index >= 15 is 0 Å². The first-order valence-corrected chi connectivity index (χ1v) is 12.5. The van der Waals surface area contributed by atoms with E-state index in [0.717, 1.165) is 37.4 Å². The summed E-state index contributed by atoms with van der Waals surface area (Å²) in [4.78, 5) is 17.7. The molecular weight excluding hydrogens is 444 g/mol. The van der Waals surface area contributed by atoms with Gasteiger partial charge in [-0.15, -0.1) is 0 Å². The van der Waals surface area contributed by atoms with Crippen LogP contribution in [0.2, 0.25) is 0 Å². The lowest BCUT2D eigenvalue weighted by Crippen LogP contribution is -2.49. The largest absolute Gasteiger partial charge is 0.497 e. The fraction of sp³-hybridized carbons (Fsp3) is 0.464. The number of carbonyl (C=O) groups is 1. The molecule has 188 valence electrons. The minimum absolute atomic E-state index is 0.0100. The van der Waals surface area contributed by atoms with Gasteiger partial charge in [0.25, 0.3) is 5.91 Å². The second-order valence-corrected chi connectivity index (χ2v) is 9.05. The van der Waals surface area contributed by atoms with Gasteiger partial charge in [0.1, 0.15) is 5.75 Å². The van der Waals surface area contributed by atoms with Gasteiger partial charge in [-0.25, -0.2) is 0 Å². The maximum atomic E-state index is 13.4. The van der Waals surface area contributed by atoms with Crippen LogP contribution in [0.5, 0.6) is 5.75 Å². The van der Waals surface area contributed by atoms with E-state index in [-0.39, 0.29) is 18.4 Å². The molecule has 2 heterocycles. The highest BCUT2D eigenvalue weighted by Crippen LogP contribution is 2.33. The summed E-state index contributed by atoms with van der Waals surface area (Å²) in [7, 11) is 1.65. The topological polar surface area (TPSA) is 71.5 Å². The Kier molecular flexibility index (Phi) is 9.17. The number of nitrogens with zero attached hydrogens (tertiary/aromatic N) is 2. The molecule has 0 bridgehead atoms. The normalized spacial score (nSPS) is 20.7. The van der Waals surface area contributed by atoms with Crippen molar-refractivity contribution in [2.45, 2.75) is 38.0 Å². The van der Waals surface area contributed by atoms with Crippen molar-refractivity contribution in [2.24, 2.45) is 0 Å². The lowest BCUT2D eigenvalue weighted by Gasteiger charge is -2.36. The number of aliphatic hydroxyl groups is 1. The maximum Gasteiger partial charge on any atom is 0.288 e. The molecule has 0 spiro atoms. The molecule has 1 N–H and O–H groups in total. The highest BCUT2D eigenvalue weighted by atomic mass is 16.7. The molecule has 0 unspecified atom stereocenters. The molecule has 2 aromatic carbocycles. The number of carbonyl (C=O) groups excluding carboxylic acids is 1. The van der Waals surface area contributed by atoms with Crippen LogP contribution in [0.1, 0.15) is 36.3 Å². The van der Waals surface area contributed by atoms with Crippen molar-refractivity contribution in [1.29, 1.82) is 0 Å². The summed E-state index contributed by atoms with van der Waals surface area (Å²) in [5.74, 6) is 1.09. The number of piperazine rings is 1. The highest BCUT2D eigenvalue weighted by Gasteiger charge is 2.32. The Balaban J connectivity index is 1.40. The predicted octanol–water partition coefficient (Wildman–Crippen LogP) is 3.54. The Morgan fingerprint density at radius 2 is 1.77 bits per heavy atom. The first kappa shape index (κ1) is 25.2. The number of ether oxygens (including phenoxy) is 3. The summed E-state index contributed by atoms with van der Waals surface area (Å²) in [6, 6.07) is 18.3. The third kappa shape index (κ3) is 7.07. The quantitative estimate of drug-likeness (QED) is 0.525. The molecule has 0 saturated carbocycles. The average molecular weight is 481 g/mol. The van der Waals surface area contributed by atoms with Gasteiger partial charge in [-0.3, -0.25) is 9.69 Å². The van der Waals surface area contributed by atoms with Crippen LogP contribution >= 0.6 is 0 Å². The minimum Gasteiger partial charge on any atom is -0.497 e. The number of hydrogen-bond acceptors (Lipinski definition) is 6. The molecule has 2 aliphatic rings. The van der Waals surface area contributed by atoms with E-state index in [1.54, 1.807) is 7.11 Å². The molecule has 2 aromatic rings. The SMILES string of the molecule is COc1ccc([C@@H]2C=C(C(=O)N3CCN(Cc4ccccc4)CC3)O[C@H](OCCCCO)C2)cc1. The van der Waals surface area contributed by atoms with Gasteiger partial charge in [0, 0.05) is 51.7 Å². The fourth-order valence-electron chi connectivity index (χ4n) is 4.53. The lowest BCUT2D eigenvalue weighted by molar-refractivity contribution is -0.154. The van der Waals surface area contributed by atoms with Gasteiger partial charge < -0.3 is 24.2 Å². The van der Waals surface area contributed by atoms with Gasteiger partial charge in [0.05, 0.1) is 13.7 Å². The van der Waals surface area contributed by atoms with Gasteiger partial charge in [-0.05, 0) is 42.2 Å². The molecule has 4 rings (SSSR count). The van der Waals surface area contributed by atoms with Crippen molar-refractivity contribution in [1.82, 2.24) is 9.80 Å². The number of hydrogen-bond donors (Lipinski definition) is 1. The molecule has 0 radical (unpaired) electrons. The van der Waals surface area contributed by atoms with Crippen LogP contribution in [0.4, 0.5) is 0 Å². The Morgan fingerprint density at radius 1 is 1.03 bits per heavy atom. The summed E-state index contributed by atoms with van der Waals surface area (Å²) in [5.41, 5.74) is 2.38. The number of methoxy groups -OCH3 is 1. The summed E-state index contributed by atoms with van der Waals surface area (Å²) < 4.78 is 17.3. The standard InChI is InChI=1S/C28H36N2O5/c1-33-25-11-9-23(10-12-25)24-19-26(35-27(20-24)34-18-6-5-17-31)28(32)30-15-13-29(14-16-30)21-22-7-3-2-4-8-22/h2-4,7-12,19,24,27,31H,5-6,13-18,20-21H2,1H3/t24-,27+/m1/s1. The van der Waals surface area contributed by atoms with Crippen molar-refractivity contribution in [3.63, 3.8) is 0 Å². The number of aliphatic hydroxyl groups excluding tert-OH is 1. The first-order chi connectivity index (χ1) is 17.2. The summed E-state index contributed by atoms with van der Waals surface area (Å²) in [6.07, 6.45) is 3.51. The lowest BCUT2D eigenvalue weighted by atomic mass is 9.92. The van der Waals surface area contributed by atoms with Gasteiger partial charge in [0.15, 0.2) is 5.76 Å². The van der Waals surface area contributed by atoms with Crippen LogP contribution in [0, 0.1) is 0 Å². The Labute approximate surface area is 207 Å². The Hall–Kier alpha value is -2.87. The zero-order chi connectivity index (χ0) is 24.5. The second-order valence-electron chi connectivity index (χ2n) is 9.05. The number of unbranched alkanes of at least 4 members (excludes halogenated alkanes) is 1. The van der Waals surface area contributed by atoms with E-state index in [4.69, 9.17) is 19.3 Å². The molecule has 0 aliphatic carbocycles. The first-order valence-electron chi connectivity index (χ1n) is 12.5. The van der Waals surface area contributed by atoms with Crippen LogP contribution in [-0.4, -0.2) is 73.6 Å². The molecule has 2 atom stereocenters. The third-order valence-electron chi connectivity index (χ3n) is 6.58. The van der Waals surface area contributed by atoms with Crippen molar-refractivity contribution in [2.75, 3.05) is 46.5 Å². The number of rotatable bonds is 10. The van der Waals surface area contributed by atoms with E-state index in [2.05, 4.69) is 29.2 Å².